The molecule has 0 bridgehead atoms. The van der Waals surface area contributed by atoms with Gasteiger partial charge in [-0.1, -0.05) is 0 Å². The van der Waals surface area contributed by atoms with E-state index in [9.17, 15) is 4.79 Å². The van der Waals surface area contributed by atoms with E-state index >= 15 is 0 Å². The number of rotatable bonds is 4. The SMILES string of the molecule is COC(=O)c1ccc(N2CCc3cc(NN4CCC4)ccc32)cc1. The van der Waals surface area contributed by atoms with E-state index in [0.29, 0.717) is 5.56 Å². The third kappa shape index (κ3) is 2.71. The molecule has 0 aliphatic carbocycles. The lowest BCUT2D eigenvalue weighted by atomic mass is 10.1. The van der Waals surface area contributed by atoms with Gasteiger partial charge in [0.05, 0.1) is 12.7 Å². The zero-order chi connectivity index (χ0) is 16.5. The van der Waals surface area contributed by atoms with Crippen LogP contribution in [0.15, 0.2) is 42.5 Å². The predicted octanol–water partition coefficient (Wildman–Crippen LogP) is 3.20. The molecule has 0 aromatic heterocycles. The van der Waals surface area contributed by atoms with Crippen LogP contribution in [0.3, 0.4) is 0 Å². The average molecular weight is 323 g/mol. The molecule has 2 aliphatic rings. The standard InChI is InChI=1S/C19H21N3O2/c1-24-19(23)14-3-6-17(7-4-14)22-12-9-15-13-16(5-8-18(15)22)20-21-10-2-11-21/h3-8,13,20H,2,9-12H2,1H3. The van der Waals surface area contributed by atoms with Crippen LogP contribution in [-0.2, 0) is 11.2 Å². The number of nitrogens with one attached hydrogen (secondary N) is 1. The number of benzene rings is 2. The van der Waals surface area contributed by atoms with Gasteiger partial charge in [-0.3, -0.25) is 0 Å². The maximum atomic E-state index is 11.6. The summed E-state index contributed by atoms with van der Waals surface area (Å²) in [6, 6.07) is 14.2. The van der Waals surface area contributed by atoms with E-state index in [4.69, 9.17) is 4.74 Å². The topological polar surface area (TPSA) is 44.8 Å². The molecule has 2 heterocycles. The van der Waals surface area contributed by atoms with Crippen LogP contribution in [0.5, 0.6) is 0 Å². The molecule has 124 valence electrons. The van der Waals surface area contributed by atoms with Crippen LogP contribution in [0.2, 0.25) is 0 Å². The van der Waals surface area contributed by atoms with Gasteiger partial charge in [-0.2, -0.15) is 0 Å². The number of nitrogens with zero attached hydrogens (tertiary/aromatic N) is 2. The summed E-state index contributed by atoms with van der Waals surface area (Å²) in [5, 5.41) is 2.24. The predicted molar refractivity (Wildman–Crippen MR) is 94.7 cm³/mol. The lowest BCUT2D eigenvalue weighted by molar-refractivity contribution is 0.0601. The first-order valence-electron chi connectivity index (χ1n) is 8.35. The molecule has 1 saturated heterocycles. The maximum Gasteiger partial charge on any atom is 0.337 e. The number of esters is 1. The first-order valence-corrected chi connectivity index (χ1v) is 8.35. The van der Waals surface area contributed by atoms with Crippen LogP contribution >= 0.6 is 0 Å². The molecule has 2 aromatic rings. The van der Waals surface area contributed by atoms with E-state index in [1.54, 1.807) is 0 Å². The number of carbonyl (C=O) groups excluding carboxylic acids is 1. The molecular formula is C19H21N3O2. The number of methoxy groups -OCH3 is 1. The van der Waals surface area contributed by atoms with Gasteiger partial charge >= 0.3 is 5.97 Å². The van der Waals surface area contributed by atoms with Gasteiger partial charge in [0, 0.05) is 36.7 Å². The monoisotopic (exact) mass is 323 g/mol. The Bertz CT molecular complexity index is 754. The summed E-state index contributed by atoms with van der Waals surface area (Å²) in [4.78, 5) is 13.8. The highest BCUT2D eigenvalue weighted by atomic mass is 16.5. The van der Waals surface area contributed by atoms with Crippen molar-refractivity contribution in [1.82, 2.24) is 5.01 Å². The van der Waals surface area contributed by atoms with Crippen molar-refractivity contribution >= 4 is 23.0 Å². The molecule has 0 atom stereocenters. The molecule has 24 heavy (non-hydrogen) atoms. The quantitative estimate of drug-likeness (QED) is 0.876. The smallest absolute Gasteiger partial charge is 0.337 e. The van der Waals surface area contributed by atoms with Crippen LogP contribution in [0, 0.1) is 0 Å². The lowest BCUT2D eigenvalue weighted by Crippen LogP contribution is -2.41. The number of carbonyl (C=O) groups is 1. The molecule has 2 aromatic carbocycles. The molecular weight excluding hydrogens is 302 g/mol. The van der Waals surface area contributed by atoms with Crippen molar-refractivity contribution in [2.75, 3.05) is 37.1 Å². The van der Waals surface area contributed by atoms with Gasteiger partial charge in [-0.05, 0) is 60.9 Å². The van der Waals surface area contributed by atoms with Crippen molar-refractivity contribution in [2.24, 2.45) is 0 Å². The van der Waals surface area contributed by atoms with Gasteiger partial charge in [0.2, 0.25) is 0 Å². The molecule has 4 rings (SSSR count). The summed E-state index contributed by atoms with van der Waals surface area (Å²) in [7, 11) is 1.40. The molecule has 5 heteroatoms. The Kier molecular flexibility index (Phi) is 3.86. The molecule has 0 unspecified atom stereocenters. The van der Waals surface area contributed by atoms with Gasteiger partial charge in [-0.25, -0.2) is 9.80 Å². The average Bonchev–Trinajstić information content (AvgIpc) is 3.01. The third-order valence-corrected chi connectivity index (χ3v) is 4.72. The summed E-state index contributed by atoms with van der Waals surface area (Å²) < 4.78 is 4.75. The van der Waals surface area contributed by atoms with Crippen molar-refractivity contribution in [2.45, 2.75) is 12.8 Å². The van der Waals surface area contributed by atoms with E-state index in [2.05, 4.69) is 33.5 Å². The molecule has 0 radical (unpaired) electrons. The Morgan fingerprint density at radius 2 is 1.88 bits per heavy atom. The van der Waals surface area contributed by atoms with E-state index < -0.39 is 0 Å². The minimum atomic E-state index is -0.301. The lowest BCUT2D eigenvalue weighted by Gasteiger charge is -2.32. The zero-order valence-electron chi connectivity index (χ0n) is 13.8. The van der Waals surface area contributed by atoms with Crippen molar-refractivity contribution in [1.29, 1.82) is 0 Å². The van der Waals surface area contributed by atoms with Gasteiger partial charge in [0.25, 0.3) is 0 Å². The Labute approximate surface area is 141 Å². The number of hydrogen-bond donors (Lipinski definition) is 1. The van der Waals surface area contributed by atoms with Gasteiger partial charge in [0.1, 0.15) is 0 Å². The van der Waals surface area contributed by atoms with Crippen molar-refractivity contribution in [3.05, 3.63) is 53.6 Å². The zero-order valence-corrected chi connectivity index (χ0v) is 13.8. The van der Waals surface area contributed by atoms with Crippen LogP contribution < -0.4 is 10.3 Å². The molecule has 0 spiro atoms. The second kappa shape index (κ2) is 6.17. The maximum absolute atomic E-state index is 11.6. The fourth-order valence-electron chi connectivity index (χ4n) is 3.25. The minimum Gasteiger partial charge on any atom is -0.465 e. The summed E-state index contributed by atoms with van der Waals surface area (Å²) in [5.41, 5.74) is 8.90. The second-order valence-electron chi connectivity index (χ2n) is 6.24. The highest BCUT2D eigenvalue weighted by Gasteiger charge is 2.22. The van der Waals surface area contributed by atoms with Crippen molar-refractivity contribution in [3.63, 3.8) is 0 Å². The second-order valence-corrected chi connectivity index (χ2v) is 6.24. The van der Waals surface area contributed by atoms with Crippen LogP contribution in [0.4, 0.5) is 17.1 Å². The first kappa shape index (κ1) is 15.0. The van der Waals surface area contributed by atoms with Gasteiger partial charge in [-0.15, -0.1) is 0 Å². The summed E-state index contributed by atoms with van der Waals surface area (Å²) >= 11 is 0. The number of ether oxygens (including phenoxy) is 1. The molecule has 0 saturated carbocycles. The Morgan fingerprint density at radius 1 is 1.08 bits per heavy atom. The van der Waals surface area contributed by atoms with Crippen LogP contribution in [-0.4, -0.2) is 37.7 Å². The first-order chi connectivity index (χ1) is 11.7. The Balaban J connectivity index is 1.53. The number of hydrazine groups is 1. The van der Waals surface area contributed by atoms with Crippen molar-refractivity contribution < 1.29 is 9.53 Å². The van der Waals surface area contributed by atoms with Crippen LogP contribution in [0.25, 0.3) is 0 Å². The van der Waals surface area contributed by atoms with Crippen LogP contribution in [0.1, 0.15) is 22.3 Å². The Hall–Kier alpha value is -2.53. The molecule has 5 nitrogen and oxygen atoms in total. The van der Waals surface area contributed by atoms with Gasteiger partial charge in [0.15, 0.2) is 0 Å². The summed E-state index contributed by atoms with van der Waals surface area (Å²) in [6.07, 6.45) is 2.30. The molecule has 1 fully saturated rings. The highest BCUT2D eigenvalue weighted by Crippen LogP contribution is 2.36. The fraction of sp³-hybridized carbons (Fsp3) is 0.316. The van der Waals surface area contributed by atoms with E-state index in [0.717, 1.165) is 37.4 Å². The summed E-state index contributed by atoms with van der Waals surface area (Å²) in [5.74, 6) is -0.301. The highest BCUT2D eigenvalue weighted by molar-refractivity contribution is 5.90. The van der Waals surface area contributed by atoms with E-state index in [1.165, 1.54) is 24.8 Å². The van der Waals surface area contributed by atoms with Gasteiger partial charge < -0.3 is 15.1 Å². The molecule has 1 N–H and O–H groups in total. The summed E-state index contributed by atoms with van der Waals surface area (Å²) in [6.45, 7) is 3.20. The third-order valence-electron chi connectivity index (χ3n) is 4.72. The normalized spacial score (nSPS) is 16.5. The number of anilines is 3. The largest absolute Gasteiger partial charge is 0.465 e. The van der Waals surface area contributed by atoms with E-state index in [-0.39, 0.29) is 5.97 Å². The Morgan fingerprint density at radius 3 is 2.54 bits per heavy atom. The minimum absolute atomic E-state index is 0.301. The molecule has 0 amide bonds. The van der Waals surface area contributed by atoms with Crippen molar-refractivity contribution in [3.8, 4) is 0 Å². The number of hydrogen-bond acceptors (Lipinski definition) is 5. The molecule has 2 aliphatic heterocycles. The van der Waals surface area contributed by atoms with E-state index in [1.807, 2.05) is 24.3 Å². The fourth-order valence-corrected chi connectivity index (χ4v) is 3.25. The number of fused-ring (bicyclic) bond motifs is 1.